The van der Waals surface area contributed by atoms with E-state index in [-0.39, 0.29) is 0 Å². The molecule has 0 saturated heterocycles. The van der Waals surface area contributed by atoms with Crippen LogP contribution in [0.4, 0.5) is 0 Å². The minimum Gasteiger partial charge on any atom is -0.508 e. The van der Waals surface area contributed by atoms with E-state index >= 15 is 0 Å². The first-order chi connectivity index (χ1) is 10.1. The SMILES string of the molecule is CCCCCCCCCCN(C)Cc1cc(Cl)ccc1O. The fourth-order valence-electron chi connectivity index (χ4n) is 2.57. The van der Waals surface area contributed by atoms with Crippen LogP contribution in [0, 0.1) is 0 Å². The highest BCUT2D eigenvalue weighted by Crippen LogP contribution is 2.22. The molecule has 0 aromatic heterocycles. The van der Waals surface area contributed by atoms with E-state index in [4.69, 9.17) is 11.6 Å². The monoisotopic (exact) mass is 311 g/mol. The third kappa shape index (κ3) is 8.33. The van der Waals surface area contributed by atoms with Gasteiger partial charge in [-0.3, -0.25) is 0 Å². The molecule has 0 amide bonds. The fraction of sp³-hybridized carbons (Fsp3) is 0.667. The lowest BCUT2D eigenvalue weighted by Gasteiger charge is -2.17. The minimum atomic E-state index is 0.335. The Balaban J connectivity index is 2.11. The molecule has 1 aromatic carbocycles. The molecule has 0 saturated carbocycles. The van der Waals surface area contributed by atoms with E-state index < -0.39 is 0 Å². The number of halogens is 1. The first-order valence-electron chi connectivity index (χ1n) is 8.29. The Hall–Kier alpha value is -0.730. The second kappa shape index (κ2) is 10.9. The van der Waals surface area contributed by atoms with E-state index in [0.29, 0.717) is 10.8 Å². The third-order valence-corrected chi connectivity index (χ3v) is 4.11. The van der Waals surface area contributed by atoms with Gasteiger partial charge in [0.2, 0.25) is 0 Å². The molecule has 21 heavy (non-hydrogen) atoms. The number of nitrogens with zero attached hydrogens (tertiary/aromatic N) is 1. The summed E-state index contributed by atoms with van der Waals surface area (Å²) in [7, 11) is 2.10. The lowest BCUT2D eigenvalue weighted by atomic mass is 10.1. The van der Waals surface area contributed by atoms with Crippen molar-refractivity contribution in [3.05, 3.63) is 28.8 Å². The zero-order chi connectivity index (χ0) is 15.5. The van der Waals surface area contributed by atoms with Crippen LogP contribution in [0.25, 0.3) is 0 Å². The molecule has 0 heterocycles. The smallest absolute Gasteiger partial charge is 0.120 e. The standard InChI is InChI=1S/C18H30ClNO/c1-3-4-5-6-7-8-9-10-13-20(2)15-16-14-17(19)11-12-18(16)21/h11-12,14,21H,3-10,13,15H2,1-2H3. The van der Waals surface area contributed by atoms with Crippen molar-refractivity contribution < 1.29 is 5.11 Å². The van der Waals surface area contributed by atoms with Crippen molar-refractivity contribution in [3.63, 3.8) is 0 Å². The molecule has 3 heteroatoms. The first-order valence-corrected chi connectivity index (χ1v) is 8.67. The van der Waals surface area contributed by atoms with Gasteiger partial charge in [0.05, 0.1) is 0 Å². The van der Waals surface area contributed by atoms with Gasteiger partial charge in [0.15, 0.2) is 0 Å². The number of hydrogen-bond donors (Lipinski definition) is 1. The average molecular weight is 312 g/mol. The van der Waals surface area contributed by atoms with Crippen LogP contribution in [0.2, 0.25) is 5.02 Å². The maximum atomic E-state index is 9.81. The third-order valence-electron chi connectivity index (χ3n) is 3.88. The molecule has 1 rings (SSSR count). The van der Waals surface area contributed by atoms with Crippen LogP contribution in [-0.2, 0) is 6.54 Å². The molecule has 0 bridgehead atoms. The topological polar surface area (TPSA) is 23.5 Å². The minimum absolute atomic E-state index is 0.335. The van der Waals surface area contributed by atoms with Crippen LogP contribution in [-0.4, -0.2) is 23.6 Å². The van der Waals surface area contributed by atoms with Crippen molar-refractivity contribution in [1.29, 1.82) is 0 Å². The molecule has 0 spiro atoms. The predicted octanol–water partition coefficient (Wildman–Crippen LogP) is 5.62. The van der Waals surface area contributed by atoms with Crippen LogP contribution in [0.15, 0.2) is 18.2 Å². The summed E-state index contributed by atoms with van der Waals surface area (Å²) in [4.78, 5) is 2.25. The molecule has 1 aromatic rings. The number of rotatable bonds is 11. The molecule has 0 aliphatic rings. The van der Waals surface area contributed by atoms with Crippen LogP contribution >= 0.6 is 11.6 Å². The Morgan fingerprint density at radius 3 is 2.29 bits per heavy atom. The molecule has 120 valence electrons. The van der Waals surface area contributed by atoms with Gasteiger partial charge in [0, 0.05) is 17.1 Å². The molecule has 0 radical (unpaired) electrons. The van der Waals surface area contributed by atoms with E-state index in [1.165, 1.54) is 51.4 Å². The molecule has 1 N–H and O–H groups in total. The predicted molar refractivity (Wildman–Crippen MR) is 92.1 cm³/mol. The van der Waals surface area contributed by atoms with E-state index in [1.54, 1.807) is 12.1 Å². The molecule has 0 unspecified atom stereocenters. The van der Waals surface area contributed by atoms with Crippen molar-refractivity contribution in [1.82, 2.24) is 4.90 Å². The molecule has 2 nitrogen and oxygen atoms in total. The Morgan fingerprint density at radius 2 is 1.62 bits per heavy atom. The molecule has 0 fully saturated rings. The van der Waals surface area contributed by atoms with Gasteiger partial charge < -0.3 is 10.0 Å². The summed E-state index contributed by atoms with van der Waals surface area (Å²) >= 11 is 5.97. The van der Waals surface area contributed by atoms with Crippen molar-refractivity contribution in [2.75, 3.05) is 13.6 Å². The lowest BCUT2D eigenvalue weighted by molar-refractivity contribution is 0.310. The number of hydrogen-bond acceptors (Lipinski definition) is 2. The number of phenols is 1. The Labute approximate surface area is 135 Å². The molecule has 0 atom stereocenters. The number of phenolic OH excluding ortho intramolecular Hbond substituents is 1. The van der Waals surface area contributed by atoms with E-state index in [2.05, 4.69) is 18.9 Å². The van der Waals surface area contributed by atoms with Crippen LogP contribution in [0.5, 0.6) is 5.75 Å². The maximum Gasteiger partial charge on any atom is 0.120 e. The van der Waals surface area contributed by atoms with Gasteiger partial charge >= 0.3 is 0 Å². The Kier molecular flexibility index (Phi) is 9.53. The summed E-state index contributed by atoms with van der Waals surface area (Å²) in [5.41, 5.74) is 0.907. The van der Waals surface area contributed by atoms with Gasteiger partial charge in [0.1, 0.15) is 5.75 Å². The Bertz CT molecular complexity index is 395. The van der Waals surface area contributed by atoms with Crippen LogP contribution < -0.4 is 0 Å². The Morgan fingerprint density at radius 1 is 1.00 bits per heavy atom. The van der Waals surface area contributed by atoms with Crippen LogP contribution in [0.3, 0.4) is 0 Å². The quantitative estimate of drug-likeness (QED) is 0.536. The van der Waals surface area contributed by atoms with Gasteiger partial charge in [-0.2, -0.15) is 0 Å². The summed E-state index contributed by atoms with van der Waals surface area (Å²) in [6, 6.07) is 5.24. The van der Waals surface area contributed by atoms with E-state index in [1.807, 2.05) is 6.07 Å². The highest BCUT2D eigenvalue weighted by atomic mass is 35.5. The maximum absolute atomic E-state index is 9.81. The lowest BCUT2D eigenvalue weighted by Crippen LogP contribution is -2.19. The molecule has 0 aliphatic heterocycles. The summed E-state index contributed by atoms with van der Waals surface area (Å²) in [6.45, 7) is 4.08. The second-order valence-corrected chi connectivity index (χ2v) is 6.42. The zero-order valence-electron chi connectivity index (χ0n) is 13.6. The summed E-state index contributed by atoms with van der Waals surface area (Å²) in [5, 5.41) is 10.5. The second-order valence-electron chi connectivity index (χ2n) is 5.99. The summed E-state index contributed by atoms with van der Waals surface area (Å²) < 4.78 is 0. The summed E-state index contributed by atoms with van der Waals surface area (Å²) in [6.07, 6.45) is 10.7. The van der Waals surface area contributed by atoms with Gasteiger partial charge in [0.25, 0.3) is 0 Å². The first kappa shape index (κ1) is 18.3. The van der Waals surface area contributed by atoms with Gasteiger partial charge in [-0.05, 0) is 38.2 Å². The van der Waals surface area contributed by atoms with Crippen molar-refractivity contribution in [2.45, 2.75) is 64.8 Å². The number of benzene rings is 1. The highest BCUT2D eigenvalue weighted by Gasteiger charge is 2.05. The van der Waals surface area contributed by atoms with Gasteiger partial charge in [-0.25, -0.2) is 0 Å². The van der Waals surface area contributed by atoms with Gasteiger partial charge in [-0.15, -0.1) is 0 Å². The molecule has 0 aliphatic carbocycles. The van der Waals surface area contributed by atoms with Crippen molar-refractivity contribution in [3.8, 4) is 5.75 Å². The van der Waals surface area contributed by atoms with Crippen LogP contribution in [0.1, 0.15) is 63.9 Å². The van der Waals surface area contributed by atoms with E-state index in [9.17, 15) is 5.11 Å². The summed E-state index contributed by atoms with van der Waals surface area (Å²) in [5.74, 6) is 0.335. The van der Waals surface area contributed by atoms with E-state index in [0.717, 1.165) is 18.7 Å². The van der Waals surface area contributed by atoms with Gasteiger partial charge in [-0.1, -0.05) is 63.5 Å². The highest BCUT2D eigenvalue weighted by molar-refractivity contribution is 6.30. The molecular weight excluding hydrogens is 282 g/mol. The zero-order valence-corrected chi connectivity index (χ0v) is 14.3. The van der Waals surface area contributed by atoms with Crippen molar-refractivity contribution >= 4 is 11.6 Å². The number of aromatic hydroxyl groups is 1. The normalized spacial score (nSPS) is 11.2. The largest absolute Gasteiger partial charge is 0.508 e. The average Bonchev–Trinajstić information content (AvgIpc) is 2.46. The number of unbranched alkanes of at least 4 members (excludes halogenated alkanes) is 7. The molecular formula is C18H30ClNO. The van der Waals surface area contributed by atoms with Crippen molar-refractivity contribution in [2.24, 2.45) is 0 Å². The fourth-order valence-corrected chi connectivity index (χ4v) is 2.76.